The molecule has 10 heteroatoms. The Hall–Kier alpha value is -2.36. The van der Waals surface area contributed by atoms with Crippen molar-refractivity contribution in [2.45, 2.75) is 11.8 Å². The highest BCUT2D eigenvalue weighted by molar-refractivity contribution is 7.99. The molecule has 0 saturated heterocycles. The summed E-state index contributed by atoms with van der Waals surface area (Å²) in [6, 6.07) is 5.92. The maximum Gasteiger partial charge on any atom is 0.387 e. The average Bonchev–Trinajstić information content (AvgIpc) is 2.84. The lowest BCUT2D eigenvalue weighted by Gasteiger charge is -2.11. The van der Waals surface area contributed by atoms with Crippen LogP contribution < -0.4 is 15.9 Å². The number of halogens is 2. The Labute approximate surface area is 122 Å². The van der Waals surface area contributed by atoms with Crippen LogP contribution in [0.25, 0.3) is 0 Å². The summed E-state index contributed by atoms with van der Waals surface area (Å²) in [7, 11) is 0. The molecule has 1 heterocycles. The van der Waals surface area contributed by atoms with Crippen molar-refractivity contribution in [1.82, 2.24) is 14.9 Å². The van der Waals surface area contributed by atoms with Crippen LogP contribution in [0.2, 0.25) is 0 Å². The molecule has 0 radical (unpaired) electrons. The third kappa shape index (κ3) is 4.31. The van der Waals surface area contributed by atoms with Gasteiger partial charge in [0.1, 0.15) is 12.1 Å². The Balaban J connectivity index is 1.95. The zero-order valence-electron chi connectivity index (χ0n) is 10.6. The van der Waals surface area contributed by atoms with Gasteiger partial charge in [0.05, 0.1) is 11.4 Å². The summed E-state index contributed by atoms with van der Waals surface area (Å²) >= 11 is 1.06. The fourth-order valence-electron chi connectivity index (χ4n) is 1.42. The lowest BCUT2D eigenvalue weighted by atomic mass is 10.3. The van der Waals surface area contributed by atoms with Gasteiger partial charge in [-0.25, -0.2) is 4.68 Å². The summed E-state index contributed by atoms with van der Waals surface area (Å²) in [5.74, 6) is 4.98. The molecule has 0 unspecified atom stereocenters. The zero-order valence-corrected chi connectivity index (χ0v) is 11.4. The number of thioether (sulfide) groups is 1. The number of benzene rings is 1. The molecule has 0 spiro atoms. The van der Waals surface area contributed by atoms with Crippen molar-refractivity contribution in [2.24, 2.45) is 0 Å². The molecule has 2 aromatic rings. The minimum atomic E-state index is -2.96. The first kappa shape index (κ1) is 15.0. The molecule has 0 saturated carbocycles. The fraction of sp³-hybridized carbons (Fsp3) is 0.182. The van der Waals surface area contributed by atoms with Crippen LogP contribution in [0, 0.1) is 0 Å². The second-order valence-corrected chi connectivity index (χ2v) is 4.67. The van der Waals surface area contributed by atoms with Crippen molar-refractivity contribution >= 4 is 23.4 Å². The van der Waals surface area contributed by atoms with E-state index in [9.17, 15) is 13.6 Å². The third-order valence-corrected chi connectivity index (χ3v) is 3.21. The maximum absolute atomic E-state index is 12.2. The van der Waals surface area contributed by atoms with E-state index in [-0.39, 0.29) is 17.2 Å². The molecule has 7 nitrogen and oxygen atoms in total. The third-order valence-electron chi connectivity index (χ3n) is 2.25. The summed E-state index contributed by atoms with van der Waals surface area (Å²) in [6.07, 6.45) is 1.30. The number of carbonyl (C=O) groups excluding carboxylic acids is 1. The lowest BCUT2D eigenvalue weighted by molar-refractivity contribution is -0.113. The molecule has 0 aliphatic carbocycles. The molecule has 0 fully saturated rings. The number of nitrogens with one attached hydrogen (secondary N) is 1. The molecule has 3 N–H and O–H groups in total. The number of hydrogen-bond acceptors (Lipinski definition) is 6. The van der Waals surface area contributed by atoms with Gasteiger partial charge in [-0.2, -0.15) is 8.78 Å². The molecule has 1 aromatic carbocycles. The van der Waals surface area contributed by atoms with Crippen molar-refractivity contribution in [3.63, 3.8) is 0 Å². The topological polar surface area (TPSA) is 95.1 Å². The number of amides is 1. The van der Waals surface area contributed by atoms with Gasteiger partial charge in [0.15, 0.2) is 0 Å². The second-order valence-electron chi connectivity index (χ2n) is 3.73. The van der Waals surface area contributed by atoms with Crippen LogP contribution >= 0.6 is 11.8 Å². The number of ether oxygens (including phenoxy) is 1. The van der Waals surface area contributed by atoms with E-state index in [0.29, 0.717) is 5.16 Å². The Morgan fingerprint density at radius 1 is 1.48 bits per heavy atom. The van der Waals surface area contributed by atoms with Gasteiger partial charge in [-0.3, -0.25) is 4.79 Å². The van der Waals surface area contributed by atoms with Gasteiger partial charge in [-0.1, -0.05) is 23.9 Å². The SMILES string of the molecule is Nn1cnnc1SCC(=O)Nc1ccccc1OC(F)F. The number of anilines is 1. The van der Waals surface area contributed by atoms with Gasteiger partial charge in [-0.05, 0) is 12.1 Å². The molecule has 0 bridgehead atoms. The van der Waals surface area contributed by atoms with Crippen LogP contribution in [0.5, 0.6) is 5.75 Å². The van der Waals surface area contributed by atoms with E-state index in [2.05, 4.69) is 20.3 Å². The van der Waals surface area contributed by atoms with Crippen LogP contribution in [-0.4, -0.2) is 33.1 Å². The second kappa shape index (κ2) is 6.88. The molecule has 1 amide bonds. The summed E-state index contributed by atoms with van der Waals surface area (Å²) in [5.41, 5.74) is 0.164. The molecule has 0 aliphatic heterocycles. The summed E-state index contributed by atoms with van der Waals surface area (Å²) in [4.78, 5) is 11.8. The lowest BCUT2D eigenvalue weighted by Crippen LogP contribution is -2.16. The summed E-state index contributed by atoms with van der Waals surface area (Å²) in [6.45, 7) is -2.96. The predicted octanol–water partition coefficient (Wildman–Crippen LogP) is 1.32. The highest BCUT2D eigenvalue weighted by Gasteiger charge is 2.12. The first-order chi connectivity index (χ1) is 10.1. The van der Waals surface area contributed by atoms with Crippen molar-refractivity contribution in [3.05, 3.63) is 30.6 Å². The van der Waals surface area contributed by atoms with Gasteiger partial charge in [0.25, 0.3) is 0 Å². The zero-order chi connectivity index (χ0) is 15.2. The molecular formula is C11H11F2N5O2S. The van der Waals surface area contributed by atoms with Crippen molar-refractivity contribution < 1.29 is 18.3 Å². The fourth-order valence-corrected chi connectivity index (χ4v) is 2.05. The van der Waals surface area contributed by atoms with E-state index >= 15 is 0 Å². The van der Waals surface area contributed by atoms with Crippen LogP contribution in [-0.2, 0) is 4.79 Å². The highest BCUT2D eigenvalue weighted by Crippen LogP contribution is 2.25. The first-order valence-electron chi connectivity index (χ1n) is 5.68. The van der Waals surface area contributed by atoms with E-state index in [1.807, 2.05) is 0 Å². The maximum atomic E-state index is 12.2. The normalized spacial score (nSPS) is 10.6. The molecule has 21 heavy (non-hydrogen) atoms. The van der Waals surface area contributed by atoms with Gasteiger partial charge in [-0.15, -0.1) is 10.2 Å². The number of nitrogen functional groups attached to an aromatic ring is 1. The minimum Gasteiger partial charge on any atom is -0.433 e. The number of para-hydroxylation sites is 2. The van der Waals surface area contributed by atoms with Gasteiger partial charge < -0.3 is 15.9 Å². The Bertz CT molecular complexity index is 622. The number of nitrogens with two attached hydrogens (primary N) is 1. The summed E-state index contributed by atoms with van der Waals surface area (Å²) in [5, 5.41) is 10.1. The van der Waals surface area contributed by atoms with Crippen LogP contribution in [0.3, 0.4) is 0 Å². The molecule has 112 valence electrons. The minimum absolute atomic E-state index is 0.00109. The van der Waals surface area contributed by atoms with Crippen LogP contribution in [0.15, 0.2) is 35.7 Å². The highest BCUT2D eigenvalue weighted by atomic mass is 32.2. The van der Waals surface area contributed by atoms with Gasteiger partial charge >= 0.3 is 6.61 Å². The van der Waals surface area contributed by atoms with Gasteiger partial charge in [0.2, 0.25) is 11.1 Å². The van der Waals surface area contributed by atoms with Crippen molar-refractivity contribution in [1.29, 1.82) is 0 Å². The smallest absolute Gasteiger partial charge is 0.387 e. The van der Waals surface area contributed by atoms with E-state index in [1.165, 1.54) is 29.2 Å². The van der Waals surface area contributed by atoms with E-state index in [4.69, 9.17) is 5.84 Å². The standard InChI is InChI=1S/C11H11F2N5O2S/c12-10(13)20-8-4-2-1-3-7(8)16-9(19)5-21-11-17-15-6-18(11)14/h1-4,6,10H,5,14H2,(H,16,19). The monoisotopic (exact) mass is 315 g/mol. The Morgan fingerprint density at radius 3 is 2.90 bits per heavy atom. The Morgan fingerprint density at radius 2 is 2.24 bits per heavy atom. The number of alkyl halides is 2. The largest absolute Gasteiger partial charge is 0.433 e. The van der Waals surface area contributed by atoms with E-state index in [1.54, 1.807) is 6.07 Å². The van der Waals surface area contributed by atoms with E-state index < -0.39 is 12.5 Å². The quantitative estimate of drug-likeness (QED) is 0.617. The van der Waals surface area contributed by atoms with Crippen LogP contribution in [0.1, 0.15) is 0 Å². The van der Waals surface area contributed by atoms with Crippen molar-refractivity contribution in [2.75, 3.05) is 16.9 Å². The number of rotatable bonds is 6. The predicted molar refractivity (Wildman–Crippen MR) is 72.6 cm³/mol. The molecule has 0 atom stereocenters. The number of nitrogens with zero attached hydrogens (tertiary/aromatic N) is 3. The first-order valence-corrected chi connectivity index (χ1v) is 6.66. The molecular weight excluding hydrogens is 304 g/mol. The van der Waals surface area contributed by atoms with E-state index in [0.717, 1.165) is 11.8 Å². The molecule has 0 aliphatic rings. The number of hydrogen-bond donors (Lipinski definition) is 2. The van der Waals surface area contributed by atoms with Crippen LogP contribution in [0.4, 0.5) is 14.5 Å². The number of aromatic nitrogens is 3. The Kier molecular flexibility index (Phi) is 4.93. The molecule has 1 aromatic heterocycles. The summed E-state index contributed by atoms with van der Waals surface area (Å²) < 4.78 is 30.0. The van der Waals surface area contributed by atoms with Gasteiger partial charge in [0, 0.05) is 0 Å². The average molecular weight is 315 g/mol. The molecule has 2 rings (SSSR count). The van der Waals surface area contributed by atoms with Crippen molar-refractivity contribution in [3.8, 4) is 5.75 Å². The number of carbonyl (C=O) groups is 1.